The summed E-state index contributed by atoms with van der Waals surface area (Å²) in [5, 5.41) is 9.34. The molecule has 0 aromatic heterocycles. The number of benzene rings is 1. The number of nitrogens with zero attached hydrogens (tertiary/aromatic N) is 1. The summed E-state index contributed by atoms with van der Waals surface area (Å²) in [7, 11) is -0.611. The molecule has 106 valence electrons. The number of hydrogen-bond acceptors (Lipinski definition) is 4. The zero-order valence-corrected chi connectivity index (χ0v) is 11.9. The lowest BCUT2D eigenvalue weighted by molar-refractivity contribution is -0.127. The average Bonchev–Trinajstić information content (AvgIpc) is 2.36. The highest BCUT2D eigenvalue weighted by molar-refractivity contribution is 7.89. The van der Waals surface area contributed by atoms with E-state index in [1.807, 2.05) is 0 Å². The van der Waals surface area contributed by atoms with Gasteiger partial charge in [-0.3, -0.25) is 4.79 Å². The fraction of sp³-hybridized carbons (Fsp3) is 0.417. The third kappa shape index (κ3) is 4.30. The van der Waals surface area contributed by atoms with Gasteiger partial charge in [0, 0.05) is 14.1 Å². The van der Waals surface area contributed by atoms with E-state index < -0.39 is 16.1 Å². The minimum Gasteiger partial charge on any atom is -0.389 e. The molecule has 1 aromatic carbocycles. The number of carbonyl (C=O) groups is 1. The maximum atomic E-state index is 11.9. The molecular formula is C12H18N2O4S. The van der Waals surface area contributed by atoms with E-state index in [4.69, 9.17) is 0 Å². The van der Waals surface area contributed by atoms with Crippen LogP contribution in [0, 0.1) is 0 Å². The quantitative estimate of drug-likeness (QED) is 0.804. The normalized spacial score (nSPS) is 13.1. The predicted molar refractivity (Wildman–Crippen MR) is 71.0 cm³/mol. The van der Waals surface area contributed by atoms with Crippen LogP contribution in [0.3, 0.4) is 0 Å². The molecule has 0 radical (unpaired) electrons. The van der Waals surface area contributed by atoms with Crippen molar-refractivity contribution in [2.75, 3.05) is 20.6 Å². The second kappa shape index (κ2) is 6.14. The van der Waals surface area contributed by atoms with Gasteiger partial charge in [-0.1, -0.05) is 12.1 Å². The number of hydrogen-bond donors (Lipinski definition) is 2. The zero-order valence-electron chi connectivity index (χ0n) is 11.1. The largest absolute Gasteiger partial charge is 0.389 e. The van der Waals surface area contributed by atoms with Crippen LogP contribution >= 0.6 is 0 Å². The van der Waals surface area contributed by atoms with Gasteiger partial charge in [0.2, 0.25) is 15.9 Å². The SMILES string of the molecule is CC(O)c1ccc(S(=O)(=O)NCC(=O)N(C)C)cc1. The molecule has 1 atom stereocenters. The van der Waals surface area contributed by atoms with Crippen molar-refractivity contribution in [2.24, 2.45) is 0 Å². The summed E-state index contributed by atoms with van der Waals surface area (Å²) in [6, 6.07) is 5.86. The summed E-state index contributed by atoms with van der Waals surface area (Å²) in [5.74, 6) is -0.329. The van der Waals surface area contributed by atoms with Crippen LogP contribution in [0.1, 0.15) is 18.6 Å². The highest BCUT2D eigenvalue weighted by Gasteiger charge is 2.16. The summed E-state index contributed by atoms with van der Waals surface area (Å²) in [4.78, 5) is 12.7. The first-order valence-corrected chi connectivity index (χ1v) is 7.20. The Morgan fingerprint density at radius 3 is 2.26 bits per heavy atom. The van der Waals surface area contributed by atoms with Gasteiger partial charge in [0.05, 0.1) is 17.5 Å². The number of rotatable bonds is 5. The zero-order chi connectivity index (χ0) is 14.6. The molecule has 1 amide bonds. The number of sulfonamides is 1. The fourth-order valence-corrected chi connectivity index (χ4v) is 2.30. The van der Waals surface area contributed by atoms with Crippen LogP contribution in [0.5, 0.6) is 0 Å². The van der Waals surface area contributed by atoms with Crippen molar-refractivity contribution >= 4 is 15.9 Å². The van der Waals surface area contributed by atoms with Crippen molar-refractivity contribution in [1.29, 1.82) is 0 Å². The summed E-state index contributed by atoms with van der Waals surface area (Å²) >= 11 is 0. The van der Waals surface area contributed by atoms with Gasteiger partial charge in [-0.2, -0.15) is 0 Å². The Kier molecular flexibility index (Phi) is 5.04. The van der Waals surface area contributed by atoms with Crippen molar-refractivity contribution in [2.45, 2.75) is 17.9 Å². The third-order valence-electron chi connectivity index (χ3n) is 2.59. The lowest BCUT2D eigenvalue weighted by Crippen LogP contribution is -2.36. The van der Waals surface area contributed by atoms with E-state index in [9.17, 15) is 18.3 Å². The monoisotopic (exact) mass is 286 g/mol. The molecule has 0 bridgehead atoms. The van der Waals surface area contributed by atoms with Gasteiger partial charge < -0.3 is 10.0 Å². The van der Waals surface area contributed by atoms with Crippen molar-refractivity contribution in [1.82, 2.24) is 9.62 Å². The maximum Gasteiger partial charge on any atom is 0.241 e. The summed E-state index contributed by atoms with van der Waals surface area (Å²) in [6.07, 6.45) is -0.653. The van der Waals surface area contributed by atoms with E-state index in [1.165, 1.54) is 29.2 Å². The van der Waals surface area contributed by atoms with E-state index in [-0.39, 0.29) is 17.3 Å². The Balaban J connectivity index is 2.80. The van der Waals surface area contributed by atoms with Crippen LogP contribution in [0.25, 0.3) is 0 Å². The van der Waals surface area contributed by atoms with E-state index in [0.29, 0.717) is 5.56 Å². The van der Waals surface area contributed by atoms with Gasteiger partial charge in [-0.15, -0.1) is 0 Å². The average molecular weight is 286 g/mol. The second-order valence-electron chi connectivity index (χ2n) is 4.36. The highest BCUT2D eigenvalue weighted by Crippen LogP contribution is 2.15. The molecule has 0 aliphatic heterocycles. The van der Waals surface area contributed by atoms with Gasteiger partial charge in [-0.25, -0.2) is 13.1 Å². The first kappa shape index (κ1) is 15.6. The summed E-state index contributed by atoms with van der Waals surface area (Å²) in [5.41, 5.74) is 0.628. The molecule has 0 aliphatic carbocycles. The van der Waals surface area contributed by atoms with Crippen molar-refractivity contribution in [3.63, 3.8) is 0 Å². The van der Waals surface area contributed by atoms with Crippen LogP contribution in [-0.2, 0) is 14.8 Å². The maximum absolute atomic E-state index is 11.9. The fourth-order valence-electron chi connectivity index (χ4n) is 1.32. The van der Waals surface area contributed by atoms with Crippen molar-refractivity contribution in [3.8, 4) is 0 Å². The Morgan fingerprint density at radius 2 is 1.84 bits per heavy atom. The molecular weight excluding hydrogens is 268 g/mol. The standard InChI is InChI=1S/C12H18N2O4S/c1-9(15)10-4-6-11(7-5-10)19(17,18)13-8-12(16)14(2)3/h4-7,9,13,15H,8H2,1-3H3. The number of nitrogens with one attached hydrogen (secondary N) is 1. The van der Waals surface area contributed by atoms with E-state index >= 15 is 0 Å². The summed E-state index contributed by atoms with van der Waals surface area (Å²) in [6.45, 7) is 1.31. The topological polar surface area (TPSA) is 86.7 Å². The molecule has 2 N–H and O–H groups in total. The van der Waals surface area contributed by atoms with E-state index in [0.717, 1.165) is 0 Å². The van der Waals surface area contributed by atoms with Crippen molar-refractivity contribution < 1.29 is 18.3 Å². The molecule has 0 heterocycles. The smallest absolute Gasteiger partial charge is 0.241 e. The van der Waals surface area contributed by atoms with Crippen LogP contribution in [0.15, 0.2) is 29.2 Å². The molecule has 0 saturated heterocycles. The molecule has 0 saturated carbocycles. The van der Waals surface area contributed by atoms with Gasteiger partial charge in [-0.05, 0) is 24.6 Å². The molecule has 1 aromatic rings. The molecule has 0 aliphatic rings. The molecule has 0 fully saturated rings. The van der Waals surface area contributed by atoms with E-state index in [1.54, 1.807) is 21.0 Å². The van der Waals surface area contributed by atoms with Gasteiger partial charge >= 0.3 is 0 Å². The van der Waals surface area contributed by atoms with Gasteiger partial charge in [0.1, 0.15) is 0 Å². The Labute approximate surface area is 113 Å². The van der Waals surface area contributed by atoms with Crippen LogP contribution in [-0.4, -0.2) is 45.0 Å². The molecule has 7 heteroatoms. The predicted octanol–water partition coefficient (Wildman–Crippen LogP) is 0.106. The number of aliphatic hydroxyl groups is 1. The lowest BCUT2D eigenvalue weighted by atomic mass is 10.1. The number of carbonyl (C=O) groups excluding carboxylic acids is 1. The minimum absolute atomic E-state index is 0.0588. The first-order valence-electron chi connectivity index (χ1n) is 5.72. The van der Waals surface area contributed by atoms with Crippen LogP contribution in [0.2, 0.25) is 0 Å². The third-order valence-corrected chi connectivity index (χ3v) is 4.00. The van der Waals surface area contributed by atoms with Crippen molar-refractivity contribution in [3.05, 3.63) is 29.8 Å². The Bertz CT molecular complexity index is 535. The Morgan fingerprint density at radius 1 is 1.32 bits per heavy atom. The van der Waals surface area contributed by atoms with Crippen LogP contribution < -0.4 is 4.72 Å². The summed E-state index contributed by atoms with van der Waals surface area (Å²) < 4.78 is 26.0. The molecule has 1 unspecified atom stereocenters. The van der Waals surface area contributed by atoms with Crippen LogP contribution in [0.4, 0.5) is 0 Å². The number of aliphatic hydroxyl groups excluding tert-OH is 1. The number of amides is 1. The molecule has 19 heavy (non-hydrogen) atoms. The first-order chi connectivity index (χ1) is 8.74. The molecule has 6 nitrogen and oxygen atoms in total. The van der Waals surface area contributed by atoms with Gasteiger partial charge in [0.25, 0.3) is 0 Å². The molecule has 1 rings (SSSR count). The van der Waals surface area contributed by atoms with Gasteiger partial charge in [0.15, 0.2) is 0 Å². The second-order valence-corrected chi connectivity index (χ2v) is 6.12. The highest BCUT2D eigenvalue weighted by atomic mass is 32.2. The molecule has 0 spiro atoms. The minimum atomic E-state index is -3.71. The Hall–Kier alpha value is -1.44. The number of likely N-dealkylation sites (N-methyl/N-ethyl adjacent to an activating group) is 1. The van der Waals surface area contributed by atoms with E-state index in [2.05, 4.69) is 4.72 Å². The lowest BCUT2D eigenvalue weighted by Gasteiger charge is -2.12.